The molecule has 0 radical (unpaired) electrons. The summed E-state index contributed by atoms with van der Waals surface area (Å²) in [5.41, 5.74) is 2.12. The molecular weight excluding hydrogens is 340 g/mol. The van der Waals surface area contributed by atoms with Crippen LogP contribution in [-0.2, 0) is 14.8 Å². The molecule has 0 saturated carbocycles. The summed E-state index contributed by atoms with van der Waals surface area (Å²) in [7, 11) is -3.69. The molecule has 0 aromatic heterocycles. The highest BCUT2D eigenvalue weighted by Gasteiger charge is 2.42. The molecule has 6 nitrogen and oxygen atoms in total. The summed E-state index contributed by atoms with van der Waals surface area (Å²) in [6.07, 6.45) is 0. The zero-order valence-corrected chi connectivity index (χ0v) is 14.7. The Labute approximate surface area is 146 Å². The van der Waals surface area contributed by atoms with E-state index in [-0.39, 0.29) is 22.9 Å². The van der Waals surface area contributed by atoms with Crippen molar-refractivity contribution in [3.8, 4) is 0 Å². The first-order valence-electron chi connectivity index (χ1n) is 7.83. The molecule has 25 heavy (non-hydrogen) atoms. The van der Waals surface area contributed by atoms with E-state index in [1.165, 1.54) is 12.1 Å². The molecule has 0 spiro atoms. The fourth-order valence-electron chi connectivity index (χ4n) is 2.79. The summed E-state index contributed by atoms with van der Waals surface area (Å²) in [5.74, 6) is -1.65. The van der Waals surface area contributed by atoms with E-state index >= 15 is 0 Å². The van der Waals surface area contributed by atoms with Crippen LogP contribution < -0.4 is 9.62 Å². The van der Waals surface area contributed by atoms with E-state index in [9.17, 15) is 18.0 Å². The Morgan fingerprint density at radius 1 is 1.16 bits per heavy atom. The van der Waals surface area contributed by atoms with E-state index in [1.807, 2.05) is 25.1 Å². The Morgan fingerprint density at radius 2 is 1.88 bits per heavy atom. The van der Waals surface area contributed by atoms with Gasteiger partial charge in [0.25, 0.3) is 5.91 Å². The third kappa shape index (κ3) is 3.41. The van der Waals surface area contributed by atoms with Crippen molar-refractivity contribution < 1.29 is 18.0 Å². The average molecular weight is 358 g/mol. The van der Waals surface area contributed by atoms with Crippen LogP contribution in [0.25, 0.3) is 0 Å². The third-order valence-electron chi connectivity index (χ3n) is 3.98. The first-order valence-corrected chi connectivity index (χ1v) is 9.44. The van der Waals surface area contributed by atoms with E-state index in [2.05, 4.69) is 5.32 Å². The highest BCUT2D eigenvalue weighted by molar-refractivity contribution is 7.94. The summed E-state index contributed by atoms with van der Waals surface area (Å²) in [6.45, 7) is 3.50. The first-order chi connectivity index (χ1) is 11.8. The molecule has 1 atom stereocenters. The Kier molecular flexibility index (Phi) is 4.34. The molecule has 1 saturated heterocycles. The summed E-state index contributed by atoms with van der Waals surface area (Å²) >= 11 is 0. The van der Waals surface area contributed by atoms with E-state index < -0.39 is 21.8 Å². The molecule has 0 unspecified atom stereocenters. The van der Waals surface area contributed by atoms with Gasteiger partial charge in [-0.25, -0.2) is 12.7 Å². The number of benzene rings is 2. The second-order valence-electron chi connectivity index (χ2n) is 6.16. The number of carbonyl (C=O) groups is 2. The standard InChI is InChI=1S/C18H18N2O4S/c1-12-5-3-7-15(9-12)19-17(21)14-6-4-8-16(10-14)20-18(22)13(2)11-25(20,23)24/h3-10,13H,11H2,1-2H3,(H,19,21)/t13-/m0/s1. The fourth-order valence-corrected chi connectivity index (χ4v) is 4.60. The smallest absolute Gasteiger partial charge is 0.255 e. The van der Waals surface area contributed by atoms with Gasteiger partial charge in [-0.2, -0.15) is 0 Å². The maximum atomic E-state index is 12.4. The molecule has 3 rings (SSSR count). The Morgan fingerprint density at radius 3 is 2.52 bits per heavy atom. The van der Waals surface area contributed by atoms with Gasteiger partial charge in [0.15, 0.2) is 0 Å². The fraction of sp³-hybridized carbons (Fsp3) is 0.222. The maximum Gasteiger partial charge on any atom is 0.255 e. The summed E-state index contributed by atoms with van der Waals surface area (Å²) in [5, 5.41) is 2.77. The van der Waals surface area contributed by atoms with E-state index in [0.29, 0.717) is 5.69 Å². The quantitative estimate of drug-likeness (QED) is 0.914. The Hall–Kier alpha value is -2.67. The lowest BCUT2D eigenvalue weighted by Gasteiger charge is -2.16. The highest BCUT2D eigenvalue weighted by atomic mass is 32.2. The predicted octanol–water partition coefficient (Wildman–Crippen LogP) is 2.56. The zero-order valence-electron chi connectivity index (χ0n) is 13.9. The Bertz CT molecular complexity index is 953. The van der Waals surface area contributed by atoms with Crippen LogP contribution in [0, 0.1) is 12.8 Å². The number of carbonyl (C=O) groups excluding carboxylic acids is 2. The van der Waals surface area contributed by atoms with Gasteiger partial charge < -0.3 is 5.32 Å². The van der Waals surface area contributed by atoms with Crippen molar-refractivity contribution in [1.29, 1.82) is 0 Å². The van der Waals surface area contributed by atoms with E-state index in [1.54, 1.807) is 25.1 Å². The maximum absolute atomic E-state index is 12.4. The van der Waals surface area contributed by atoms with Crippen LogP contribution in [0.15, 0.2) is 48.5 Å². The van der Waals surface area contributed by atoms with Gasteiger partial charge in [0.1, 0.15) is 0 Å². The van der Waals surface area contributed by atoms with Crippen molar-refractivity contribution in [1.82, 2.24) is 0 Å². The zero-order chi connectivity index (χ0) is 18.2. The second kappa shape index (κ2) is 6.33. The number of anilines is 2. The van der Waals surface area contributed by atoms with Crippen molar-refractivity contribution in [2.45, 2.75) is 13.8 Å². The molecule has 2 aromatic carbocycles. The monoisotopic (exact) mass is 358 g/mol. The summed E-state index contributed by atoms with van der Waals surface area (Å²) < 4.78 is 25.2. The number of aryl methyl sites for hydroxylation is 1. The van der Waals surface area contributed by atoms with Crippen LogP contribution in [0.5, 0.6) is 0 Å². The van der Waals surface area contributed by atoms with E-state index in [0.717, 1.165) is 9.87 Å². The van der Waals surface area contributed by atoms with Gasteiger partial charge in [-0.3, -0.25) is 9.59 Å². The largest absolute Gasteiger partial charge is 0.322 e. The first kappa shape index (κ1) is 17.2. The Balaban J connectivity index is 1.89. The number of rotatable bonds is 3. The minimum Gasteiger partial charge on any atom is -0.322 e. The number of nitrogens with one attached hydrogen (secondary N) is 1. The molecule has 130 valence electrons. The van der Waals surface area contributed by atoms with Gasteiger partial charge in [0, 0.05) is 11.3 Å². The van der Waals surface area contributed by atoms with Crippen molar-refractivity contribution in [2.24, 2.45) is 5.92 Å². The van der Waals surface area contributed by atoms with Gasteiger partial charge in [-0.1, -0.05) is 25.1 Å². The minimum atomic E-state index is -3.69. The lowest BCUT2D eigenvalue weighted by atomic mass is 10.1. The molecule has 2 aromatic rings. The molecule has 0 bridgehead atoms. The average Bonchev–Trinajstić information content (AvgIpc) is 2.75. The lowest BCUT2D eigenvalue weighted by Crippen LogP contribution is -2.30. The number of amides is 2. The van der Waals surface area contributed by atoms with Gasteiger partial charge in [0.2, 0.25) is 15.9 Å². The third-order valence-corrected chi connectivity index (χ3v) is 5.85. The minimum absolute atomic E-state index is 0.186. The molecular formula is C18H18N2O4S. The highest BCUT2D eigenvalue weighted by Crippen LogP contribution is 2.29. The summed E-state index contributed by atoms with van der Waals surface area (Å²) in [6, 6.07) is 13.4. The normalized spacial score (nSPS) is 19.0. The lowest BCUT2D eigenvalue weighted by molar-refractivity contribution is -0.119. The number of sulfonamides is 1. The molecule has 2 amide bonds. The van der Waals surface area contributed by atoms with Gasteiger partial charge in [-0.05, 0) is 42.8 Å². The topological polar surface area (TPSA) is 83.6 Å². The molecule has 1 aliphatic rings. The molecule has 1 N–H and O–H groups in total. The van der Waals surface area contributed by atoms with Crippen molar-refractivity contribution >= 4 is 33.2 Å². The van der Waals surface area contributed by atoms with Crippen LogP contribution in [0.3, 0.4) is 0 Å². The van der Waals surface area contributed by atoms with Crippen LogP contribution in [0.4, 0.5) is 11.4 Å². The van der Waals surface area contributed by atoms with Crippen LogP contribution in [-0.4, -0.2) is 26.0 Å². The number of hydrogen-bond donors (Lipinski definition) is 1. The second-order valence-corrected chi connectivity index (χ2v) is 8.02. The number of hydrogen-bond acceptors (Lipinski definition) is 4. The van der Waals surface area contributed by atoms with Crippen molar-refractivity contribution in [3.05, 3.63) is 59.7 Å². The van der Waals surface area contributed by atoms with Gasteiger partial charge in [0.05, 0.1) is 17.4 Å². The van der Waals surface area contributed by atoms with Crippen molar-refractivity contribution in [3.63, 3.8) is 0 Å². The number of nitrogens with zero attached hydrogens (tertiary/aromatic N) is 1. The van der Waals surface area contributed by atoms with Gasteiger partial charge >= 0.3 is 0 Å². The molecule has 1 heterocycles. The summed E-state index contributed by atoms with van der Waals surface area (Å²) in [4.78, 5) is 24.6. The molecule has 7 heteroatoms. The predicted molar refractivity (Wildman–Crippen MR) is 96.0 cm³/mol. The van der Waals surface area contributed by atoms with Crippen molar-refractivity contribution in [2.75, 3.05) is 15.4 Å². The molecule has 0 aliphatic carbocycles. The SMILES string of the molecule is Cc1cccc(NC(=O)c2cccc(N3C(=O)[C@@H](C)CS3(=O)=O)c2)c1. The van der Waals surface area contributed by atoms with Crippen LogP contribution >= 0.6 is 0 Å². The molecule has 1 aliphatic heterocycles. The van der Waals surface area contributed by atoms with E-state index in [4.69, 9.17) is 0 Å². The van der Waals surface area contributed by atoms with Crippen LogP contribution in [0.2, 0.25) is 0 Å². The van der Waals surface area contributed by atoms with Gasteiger partial charge in [-0.15, -0.1) is 0 Å². The molecule has 1 fully saturated rings. The van der Waals surface area contributed by atoms with Crippen LogP contribution in [0.1, 0.15) is 22.8 Å².